The van der Waals surface area contributed by atoms with Crippen LogP contribution in [0.5, 0.6) is 0 Å². The van der Waals surface area contributed by atoms with Gasteiger partial charge in [0.1, 0.15) is 0 Å². The lowest BCUT2D eigenvalue weighted by Gasteiger charge is -2.18. The van der Waals surface area contributed by atoms with Gasteiger partial charge in [0.15, 0.2) is 6.29 Å². The molecule has 1 heterocycles. The predicted molar refractivity (Wildman–Crippen MR) is 73.2 cm³/mol. The average molecular weight is 258 g/mol. The van der Waals surface area contributed by atoms with Gasteiger partial charge in [-0.15, -0.1) is 0 Å². The Morgan fingerprint density at radius 3 is 2.28 bits per heavy atom. The standard InChI is InChI=1S/C15H12ClNO/c16-15-7-14(6-5-13(15)10-18)17-8-11-3-1-2-4-12(11)9-17/h1-7,10H,8-9H2. The molecule has 0 radical (unpaired) electrons. The zero-order valence-corrected chi connectivity index (χ0v) is 10.5. The molecule has 1 aliphatic rings. The van der Waals surface area contributed by atoms with E-state index in [1.54, 1.807) is 6.07 Å². The third kappa shape index (κ3) is 1.89. The van der Waals surface area contributed by atoms with Gasteiger partial charge < -0.3 is 4.90 Å². The van der Waals surface area contributed by atoms with Gasteiger partial charge in [-0.05, 0) is 29.3 Å². The van der Waals surface area contributed by atoms with Crippen LogP contribution in [0.1, 0.15) is 21.5 Å². The molecule has 0 N–H and O–H groups in total. The molecule has 0 saturated carbocycles. The van der Waals surface area contributed by atoms with Crippen LogP contribution in [0.3, 0.4) is 0 Å². The maximum atomic E-state index is 10.7. The summed E-state index contributed by atoms with van der Waals surface area (Å²) in [6.07, 6.45) is 0.783. The van der Waals surface area contributed by atoms with E-state index in [-0.39, 0.29) is 0 Å². The number of hydrogen-bond donors (Lipinski definition) is 0. The second-order valence-corrected chi connectivity index (χ2v) is 4.86. The zero-order chi connectivity index (χ0) is 12.5. The van der Waals surface area contributed by atoms with Crippen molar-refractivity contribution >= 4 is 23.6 Å². The smallest absolute Gasteiger partial charge is 0.151 e. The molecule has 0 unspecified atom stereocenters. The molecule has 2 aromatic carbocycles. The van der Waals surface area contributed by atoms with Crippen molar-refractivity contribution in [2.45, 2.75) is 13.1 Å². The molecule has 2 aromatic rings. The summed E-state index contributed by atoms with van der Waals surface area (Å²) < 4.78 is 0. The van der Waals surface area contributed by atoms with Crippen LogP contribution in [0, 0.1) is 0 Å². The number of rotatable bonds is 2. The van der Waals surface area contributed by atoms with Gasteiger partial charge in [0.2, 0.25) is 0 Å². The Morgan fingerprint density at radius 2 is 1.72 bits per heavy atom. The molecule has 18 heavy (non-hydrogen) atoms. The molecule has 1 aliphatic heterocycles. The fourth-order valence-electron chi connectivity index (χ4n) is 2.32. The molecule has 0 aliphatic carbocycles. The first kappa shape index (κ1) is 11.3. The molecule has 0 amide bonds. The summed E-state index contributed by atoms with van der Waals surface area (Å²) in [6, 6.07) is 14.0. The van der Waals surface area contributed by atoms with E-state index in [0.29, 0.717) is 10.6 Å². The summed E-state index contributed by atoms with van der Waals surface area (Å²) in [6.45, 7) is 1.79. The Balaban J connectivity index is 1.90. The van der Waals surface area contributed by atoms with Crippen LogP contribution in [0.2, 0.25) is 5.02 Å². The number of carbonyl (C=O) groups is 1. The third-order valence-corrected chi connectivity index (χ3v) is 3.64. The Labute approximate surface area is 111 Å². The highest BCUT2D eigenvalue weighted by atomic mass is 35.5. The third-order valence-electron chi connectivity index (χ3n) is 3.32. The van der Waals surface area contributed by atoms with Crippen LogP contribution in [-0.4, -0.2) is 6.29 Å². The average Bonchev–Trinajstić information content (AvgIpc) is 2.82. The number of halogens is 1. The van der Waals surface area contributed by atoms with Crippen LogP contribution in [0.25, 0.3) is 0 Å². The number of benzene rings is 2. The Bertz CT molecular complexity index is 584. The minimum Gasteiger partial charge on any atom is -0.363 e. The first-order valence-electron chi connectivity index (χ1n) is 5.84. The maximum Gasteiger partial charge on any atom is 0.151 e. The molecule has 0 atom stereocenters. The van der Waals surface area contributed by atoms with Crippen molar-refractivity contribution in [3.63, 3.8) is 0 Å². The number of aldehydes is 1. The summed E-state index contributed by atoms with van der Waals surface area (Å²) in [4.78, 5) is 13.0. The van der Waals surface area contributed by atoms with Crippen LogP contribution in [0.4, 0.5) is 5.69 Å². The monoisotopic (exact) mass is 257 g/mol. The number of nitrogens with zero attached hydrogens (tertiary/aromatic N) is 1. The highest BCUT2D eigenvalue weighted by Gasteiger charge is 2.18. The molecular weight excluding hydrogens is 246 g/mol. The van der Waals surface area contributed by atoms with E-state index < -0.39 is 0 Å². The highest BCUT2D eigenvalue weighted by molar-refractivity contribution is 6.33. The quantitative estimate of drug-likeness (QED) is 0.765. The Hall–Kier alpha value is -1.80. The Kier molecular flexibility index (Phi) is 2.80. The van der Waals surface area contributed by atoms with Gasteiger partial charge in [0.05, 0.1) is 5.02 Å². The molecular formula is C15H12ClNO. The molecule has 3 rings (SSSR count). The van der Waals surface area contributed by atoms with E-state index >= 15 is 0 Å². The lowest BCUT2D eigenvalue weighted by atomic mass is 10.1. The minimum atomic E-state index is 0.512. The van der Waals surface area contributed by atoms with Gasteiger partial charge in [0, 0.05) is 24.3 Å². The first-order chi connectivity index (χ1) is 8.78. The summed E-state index contributed by atoms with van der Waals surface area (Å²) >= 11 is 6.06. The van der Waals surface area contributed by atoms with Crippen molar-refractivity contribution < 1.29 is 4.79 Å². The molecule has 0 bridgehead atoms. The van der Waals surface area contributed by atoms with Crippen LogP contribution in [0.15, 0.2) is 42.5 Å². The van der Waals surface area contributed by atoms with Crippen LogP contribution >= 0.6 is 11.6 Å². The minimum absolute atomic E-state index is 0.512. The maximum absolute atomic E-state index is 10.7. The lowest BCUT2D eigenvalue weighted by Crippen LogP contribution is -2.14. The lowest BCUT2D eigenvalue weighted by molar-refractivity contribution is 0.112. The van der Waals surface area contributed by atoms with E-state index in [1.807, 2.05) is 12.1 Å². The molecule has 0 spiro atoms. The highest BCUT2D eigenvalue weighted by Crippen LogP contribution is 2.30. The molecule has 90 valence electrons. The fourth-order valence-corrected chi connectivity index (χ4v) is 2.54. The molecule has 0 aromatic heterocycles. The van der Waals surface area contributed by atoms with E-state index in [4.69, 9.17) is 11.6 Å². The molecule has 3 heteroatoms. The molecule has 2 nitrogen and oxygen atoms in total. The normalized spacial score (nSPS) is 13.5. The summed E-state index contributed by atoms with van der Waals surface area (Å²) in [5, 5.41) is 0.512. The van der Waals surface area contributed by atoms with Crippen LogP contribution in [-0.2, 0) is 13.1 Å². The SMILES string of the molecule is O=Cc1ccc(N2Cc3ccccc3C2)cc1Cl. The van der Waals surface area contributed by atoms with Crippen molar-refractivity contribution in [1.82, 2.24) is 0 Å². The zero-order valence-electron chi connectivity index (χ0n) is 9.77. The van der Waals surface area contributed by atoms with Gasteiger partial charge in [-0.1, -0.05) is 35.9 Å². The summed E-state index contributed by atoms with van der Waals surface area (Å²) in [5.41, 5.74) is 4.31. The molecule has 0 fully saturated rings. The van der Waals surface area contributed by atoms with Crippen molar-refractivity contribution in [1.29, 1.82) is 0 Å². The van der Waals surface area contributed by atoms with Gasteiger partial charge in [0.25, 0.3) is 0 Å². The number of carbonyl (C=O) groups excluding carboxylic acids is 1. The van der Waals surface area contributed by atoms with Crippen molar-refractivity contribution in [3.8, 4) is 0 Å². The van der Waals surface area contributed by atoms with Gasteiger partial charge in [-0.3, -0.25) is 4.79 Å². The van der Waals surface area contributed by atoms with Crippen LogP contribution < -0.4 is 4.90 Å². The van der Waals surface area contributed by atoms with Crippen molar-refractivity contribution in [3.05, 3.63) is 64.2 Å². The number of hydrogen-bond acceptors (Lipinski definition) is 2. The van der Waals surface area contributed by atoms with Gasteiger partial charge in [-0.2, -0.15) is 0 Å². The second-order valence-electron chi connectivity index (χ2n) is 4.45. The fraction of sp³-hybridized carbons (Fsp3) is 0.133. The second kappa shape index (κ2) is 4.46. The topological polar surface area (TPSA) is 20.3 Å². The van der Waals surface area contributed by atoms with Crippen molar-refractivity contribution in [2.24, 2.45) is 0 Å². The Morgan fingerprint density at radius 1 is 1.06 bits per heavy atom. The van der Waals surface area contributed by atoms with Gasteiger partial charge >= 0.3 is 0 Å². The van der Waals surface area contributed by atoms with E-state index in [0.717, 1.165) is 25.1 Å². The largest absolute Gasteiger partial charge is 0.363 e. The van der Waals surface area contributed by atoms with Gasteiger partial charge in [-0.25, -0.2) is 0 Å². The number of anilines is 1. The summed E-state index contributed by atoms with van der Waals surface area (Å²) in [5.74, 6) is 0. The number of fused-ring (bicyclic) bond motifs is 1. The predicted octanol–water partition coefficient (Wildman–Crippen LogP) is 3.67. The van der Waals surface area contributed by atoms with E-state index in [9.17, 15) is 4.79 Å². The van der Waals surface area contributed by atoms with Crippen molar-refractivity contribution in [2.75, 3.05) is 4.90 Å². The van der Waals surface area contributed by atoms with E-state index in [2.05, 4.69) is 29.2 Å². The van der Waals surface area contributed by atoms with E-state index in [1.165, 1.54) is 11.1 Å². The first-order valence-corrected chi connectivity index (χ1v) is 6.22. The molecule has 0 saturated heterocycles. The summed E-state index contributed by atoms with van der Waals surface area (Å²) in [7, 11) is 0.